The first-order valence-electron chi connectivity index (χ1n) is 7.53. The predicted molar refractivity (Wildman–Crippen MR) is 82.7 cm³/mol. The molecule has 0 bridgehead atoms. The molecule has 5 nitrogen and oxygen atoms in total. The van der Waals surface area contributed by atoms with Gasteiger partial charge in [0.1, 0.15) is 11.8 Å². The molecule has 0 aliphatic carbocycles. The molecule has 0 saturated carbocycles. The average Bonchev–Trinajstić information content (AvgIpc) is 3.23. The minimum Gasteiger partial charge on any atom is -0.390 e. The van der Waals surface area contributed by atoms with E-state index in [0.29, 0.717) is 5.69 Å². The molecule has 2 heterocycles. The van der Waals surface area contributed by atoms with Gasteiger partial charge in [-0.25, -0.2) is 4.68 Å². The molecule has 0 radical (unpaired) electrons. The summed E-state index contributed by atoms with van der Waals surface area (Å²) in [5, 5.41) is 20.3. The fraction of sp³-hybridized carbons (Fsp3) is 0.294. The Labute approximate surface area is 128 Å². The molecular formula is C17H17N3O2. The van der Waals surface area contributed by atoms with Crippen LogP contribution >= 0.6 is 0 Å². The SMILES string of the molecule is OCc1nnn(-c2cccc3ccccc23)c1C1CCCO1. The van der Waals surface area contributed by atoms with E-state index < -0.39 is 0 Å². The Morgan fingerprint density at radius 1 is 1.18 bits per heavy atom. The van der Waals surface area contributed by atoms with E-state index in [2.05, 4.69) is 28.5 Å². The van der Waals surface area contributed by atoms with Gasteiger partial charge in [0.2, 0.25) is 0 Å². The quantitative estimate of drug-likeness (QED) is 0.807. The van der Waals surface area contributed by atoms with Gasteiger partial charge in [-0.15, -0.1) is 5.10 Å². The lowest BCUT2D eigenvalue weighted by Crippen LogP contribution is -2.09. The first kappa shape index (κ1) is 13.4. The Bertz CT molecular complexity index is 801. The standard InChI is InChI=1S/C17H17N3O2/c21-11-14-17(16-9-4-10-22-16)20(19-18-14)15-8-3-6-12-5-1-2-7-13(12)15/h1-3,5-8,16,21H,4,9-11H2. The zero-order valence-corrected chi connectivity index (χ0v) is 12.1. The fourth-order valence-electron chi connectivity index (χ4n) is 3.12. The van der Waals surface area contributed by atoms with E-state index in [1.54, 1.807) is 0 Å². The average molecular weight is 295 g/mol. The molecule has 1 N–H and O–H groups in total. The number of nitrogens with zero attached hydrogens (tertiary/aromatic N) is 3. The minimum absolute atomic E-state index is 0.0453. The monoisotopic (exact) mass is 295 g/mol. The maximum absolute atomic E-state index is 9.58. The summed E-state index contributed by atoms with van der Waals surface area (Å²) in [4.78, 5) is 0. The van der Waals surface area contributed by atoms with Crippen molar-refractivity contribution in [2.45, 2.75) is 25.6 Å². The van der Waals surface area contributed by atoms with Crippen LogP contribution in [0.2, 0.25) is 0 Å². The van der Waals surface area contributed by atoms with E-state index in [1.807, 2.05) is 28.9 Å². The molecular weight excluding hydrogens is 278 g/mol. The zero-order chi connectivity index (χ0) is 14.9. The van der Waals surface area contributed by atoms with Gasteiger partial charge < -0.3 is 9.84 Å². The van der Waals surface area contributed by atoms with Crippen LogP contribution in [0.15, 0.2) is 42.5 Å². The van der Waals surface area contributed by atoms with E-state index in [4.69, 9.17) is 4.74 Å². The van der Waals surface area contributed by atoms with Crippen LogP contribution < -0.4 is 0 Å². The second-order valence-corrected chi connectivity index (χ2v) is 5.49. The van der Waals surface area contributed by atoms with E-state index in [0.717, 1.165) is 41.6 Å². The number of fused-ring (bicyclic) bond motifs is 1. The highest BCUT2D eigenvalue weighted by molar-refractivity contribution is 5.90. The molecule has 1 fully saturated rings. The van der Waals surface area contributed by atoms with Crippen molar-refractivity contribution >= 4 is 10.8 Å². The first-order chi connectivity index (χ1) is 10.9. The summed E-state index contributed by atoms with van der Waals surface area (Å²) < 4.78 is 7.63. The van der Waals surface area contributed by atoms with Crippen molar-refractivity contribution in [3.05, 3.63) is 53.9 Å². The number of aromatic nitrogens is 3. The molecule has 5 heteroatoms. The van der Waals surface area contributed by atoms with Crippen molar-refractivity contribution in [1.82, 2.24) is 15.0 Å². The second-order valence-electron chi connectivity index (χ2n) is 5.49. The molecule has 0 spiro atoms. The van der Waals surface area contributed by atoms with Gasteiger partial charge in [0, 0.05) is 12.0 Å². The summed E-state index contributed by atoms with van der Waals surface area (Å²) in [6.07, 6.45) is 1.91. The second kappa shape index (κ2) is 5.51. The highest BCUT2D eigenvalue weighted by Crippen LogP contribution is 2.33. The van der Waals surface area contributed by atoms with Crippen LogP contribution in [0.3, 0.4) is 0 Å². The summed E-state index contributed by atoms with van der Waals surface area (Å²) >= 11 is 0. The van der Waals surface area contributed by atoms with E-state index >= 15 is 0 Å². The Balaban J connectivity index is 1.93. The molecule has 3 aromatic rings. The van der Waals surface area contributed by atoms with Crippen molar-refractivity contribution in [2.75, 3.05) is 6.61 Å². The molecule has 0 amide bonds. The highest BCUT2D eigenvalue weighted by atomic mass is 16.5. The van der Waals surface area contributed by atoms with E-state index in [9.17, 15) is 5.11 Å². The Morgan fingerprint density at radius 3 is 2.86 bits per heavy atom. The van der Waals surface area contributed by atoms with Crippen LogP contribution in [0, 0.1) is 0 Å². The third-order valence-electron chi connectivity index (χ3n) is 4.16. The molecule has 22 heavy (non-hydrogen) atoms. The Hall–Kier alpha value is -2.24. The van der Waals surface area contributed by atoms with Gasteiger partial charge in [0.05, 0.1) is 18.0 Å². The maximum atomic E-state index is 9.58. The lowest BCUT2D eigenvalue weighted by atomic mass is 10.1. The number of aliphatic hydroxyl groups excluding tert-OH is 1. The van der Waals surface area contributed by atoms with Crippen molar-refractivity contribution in [3.8, 4) is 5.69 Å². The molecule has 1 saturated heterocycles. The molecule has 112 valence electrons. The largest absolute Gasteiger partial charge is 0.390 e. The maximum Gasteiger partial charge on any atom is 0.114 e. The van der Waals surface area contributed by atoms with Crippen molar-refractivity contribution in [3.63, 3.8) is 0 Å². The predicted octanol–water partition coefficient (Wildman–Crippen LogP) is 2.76. The van der Waals surface area contributed by atoms with Gasteiger partial charge in [-0.3, -0.25) is 0 Å². The van der Waals surface area contributed by atoms with Crippen LogP contribution in [0.4, 0.5) is 0 Å². The molecule has 2 aromatic carbocycles. The van der Waals surface area contributed by atoms with Crippen molar-refractivity contribution < 1.29 is 9.84 Å². The van der Waals surface area contributed by atoms with Crippen LogP contribution in [-0.2, 0) is 11.3 Å². The minimum atomic E-state index is -0.125. The molecule has 1 atom stereocenters. The van der Waals surface area contributed by atoms with Gasteiger partial charge in [-0.05, 0) is 24.3 Å². The molecule has 1 unspecified atom stereocenters. The van der Waals surface area contributed by atoms with E-state index in [1.165, 1.54) is 0 Å². The third-order valence-corrected chi connectivity index (χ3v) is 4.16. The lowest BCUT2D eigenvalue weighted by molar-refractivity contribution is 0.104. The number of aliphatic hydroxyl groups is 1. The lowest BCUT2D eigenvalue weighted by Gasteiger charge is -2.14. The van der Waals surface area contributed by atoms with Gasteiger partial charge in [-0.2, -0.15) is 0 Å². The number of rotatable bonds is 3. The third kappa shape index (κ3) is 2.10. The number of hydrogen-bond donors (Lipinski definition) is 1. The summed E-state index contributed by atoms with van der Waals surface area (Å²) in [6, 6.07) is 14.3. The van der Waals surface area contributed by atoms with Gasteiger partial charge in [0.15, 0.2) is 0 Å². The summed E-state index contributed by atoms with van der Waals surface area (Å²) in [6.45, 7) is 0.621. The molecule has 1 aliphatic heterocycles. The number of ether oxygens (including phenoxy) is 1. The van der Waals surface area contributed by atoms with Crippen LogP contribution in [-0.4, -0.2) is 26.7 Å². The smallest absolute Gasteiger partial charge is 0.114 e. The summed E-state index contributed by atoms with van der Waals surface area (Å²) in [7, 11) is 0. The topological polar surface area (TPSA) is 60.2 Å². The normalized spacial score (nSPS) is 18.1. The summed E-state index contributed by atoms with van der Waals surface area (Å²) in [5.74, 6) is 0. The van der Waals surface area contributed by atoms with Gasteiger partial charge >= 0.3 is 0 Å². The Morgan fingerprint density at radius 2 is 2.05 bits per heavy atom. The number of hydrogen-bond acceptors (Lipinski definition) is 4. The van der Waals surface area contributed by atoms with Crippen molar-refractivity contribution in [2.24, 2.45) is 0 Å². The van der Waals surface area contributed by atoms with Gasteiger partial charge in [-0.1, -0.05) is 41.6 Å². The van der Waals surface area contributed by atoms with Crippen molar-refractivity contribution in [1.29, 1.82) is 0 Å². The molecule has 1 aromatic heterocycles. The molecule has 4 rings (SSSR count). The van der Waals surface area contributed by atoms with Crippen LogP contribution in [0.5, 0.6) is 0 Å². The molecule has 1 aliphatic rings. The zero-order valence-electron chi connectivity index (χ0n) is 12.1. The van der Waals surface area contributed by atoms with E-state index in [-0.39, 0.29) is 12.7 Å². The fourth-order valence-corrected chi connectivity index (χ4v) is 3.12. The Kier molecular flexibility index (Phi) is 3.36. The van der Waals surface area contributed by atoms with Crippen LogP contribution in [0.25, 0.3) is 16.5 Å². The highest BCUT2D eigenvalue weighted by Gasteiger charge is 2.27. The first-order valence-corrected chi connectivity index (χ1v) is 7.53. The summed E-state index contributed by atoms with van der Waals surface area (Å²) in [5.41, 5.74) is 2.44. The number of benzene rings is 2. The van der Waals surface area contributed by atoms with Gasteiger partial charge in [0.25, 0.3) is 0 Å². The van der Waals surface area contributed by atoms with Crippen LogP contribution in [0.1, 0.15) is 30.3 Å².